The smallest absolute Gasteiger partial charge is 0.511 e. The van der Waals surface area contributed by atoms with Gasteiger partial charge in [0.05, 0.1) is 12.5 Å². The molecule has 0 rings (SSSR count). The maximum atomic E-state index is 11.4. The molecule has 0 aliphatic carbocycles. The van der Waals surface area contributed by atoms with Gasteiger partial charge in [0, 0.05) is 0 Å². The lowest BCUT2D eigenvalue weighted by Gasteiger charge is -2.08. The van der Waals surface area contributed by atoms with E-state index in [2.05, 4.69) is 0 Å². The second-order valence-corrected chi connectivity index (χ2v) is 3.40. The highest BCUT2D eigenvalue weighted by Gasteiger charge is 2.45. The SMILES string of the molecule is O=C([O-])CNS(=O)(=O)C(F)(F)F. The van der Waals surface area contributed by atoms with Gasteiger partial charge in [-0.25, -0.2) is 13.1 Å². The van der Waals surface area contributed by atoms with Crippen molar-refractivity contribution in [3.05, 3.63) is 0 Å². The van der Waals surface area contributed by atoms with Crippen molar-refractivity contribution in [3.8, 4) is 0 Å². The van der Waals surface area contributed by atoms with E-state index < -0.39 is 28.0 Å². The minimum atomic E-state index is -5.56. The van der Waals surface area contributed by atoms with E-state index in [0.717, 1.165) is 4.72 Å². The van der Waals surface area contributed by atoms with Crippen LogP contribution in [-0.4, -0.2) is 26.4 Å². The zero-order valence-corrected chi connectivity index (χ0v) is 6.20. The van der Waals surface area contributed by atoms with Crippen molar-refractivity contribution in [3.63, 3.8) is 0 Å². The van der Waals surface area contributed by atoms with Gasteiger partial charge in [-0.2, -0.15) is 13.2 Å². The fourth-order valence-electron chi connectivity index (χ4n) is 0.236. The third kappa shape index (κ3) is 3.05. The van der Waals surface area contributed by atoms with Gasteiger partial charge < -0.3 is 9.90 Å². The first kappa shape index (κ1) is 11.2. The number of halogens is 3. The van der Waals surface area contributed by atoms with Gasteiger partial charge in [-0.05, 0) is 0 Å². The van der Waals surface area contributed by atoms with Crippen molar-refractivity contribution in [2.24, 2.45) is 0 Å². The van der Waals surface area contributed by atoms with Crippen molar-refractivity contribution in [1.82, 2.24) is 4.72 Å². The summed E-state index contributed by atoms with van der Waals surface area (Å²) < 4.78 is 55.1. The van der Waals surface area contributed by atoms with E-state index in [9.17, 15) is 31.5 Å². The first-order valence-corrected chi connectivity index (χ1v) is 3.91. The molecule has 5 nitrogen and oxygen atoms in total. The quantitative estimate of drug-likeness (QED) is 0.588. The Morgan fingerprint density at radius 1 is 1.42 bits per heavy atom. The third-order valence-electron chi connectivity index (χ3n) is 0.711. The first-order valence-electron chi connectivity index (χ1n) is 2.42. The highest BCUT2D eigenvalue weighted by Crippen LogP contribution is 2.20. The average Bonchev–Trinajstić information content (AvgIpc) is 1.81. The van der Waals surface area contributed by atoms with Crippen LogP contribution in [0, 0.1) is 0 Å². The monoisotopic (exact) mass is 206 g/mol. The Hall–Kier alpha value is -0.830. The van der Waals surface area contributed by atoms with Gasteiger partial charge in [0.2, 0.25) is 0 Å². The highest BCUT2D eigenvalue weighted by molar-refractivity contribution is 7.90. The average molecular weight is 206 g/mol. The number of nitrogens with one attached hydrogen (secondary N) is 1. The van der Waals surface area contributed by atoms with Crippen LogP contribution in [-0.2, 0) is 14.8 Å². The second kappa shape index (κ2) is 3.27. The number of carboxylic acids is 1. The summed E-state index contributed by atoms with van der Waals surface area (Å²) >= 11 is 0. The summed E-state index contributed by atoms with van der Waals surface area (Å²) in [5.41, 5.74) is -5.50. The summed E-state index contributed by atoms with van der Waals surface area (Å²) in [6.45, 7) is -1.40. The van der Waals surface area contributed by atoms with Crippen LogP contribution in [0.5, 0.6) is 0 Å². The number of carbonyl (C=O) groups is 1. The molecule has 9 heteroatoms. The predicted molar refractivity (Wildman–Crippen MR) is 28.0 cm³/mol. The lowest BCUT2D eigenvalue weighted by atomic mass is 10.7. The molecule has 0 aromatic rings. The van der Waals surface area contributed by atoms with Crippen LogP contribution in [0.4, 0.5) is 13.2 Å². The van der Waals surface area contributed by atoms with Gasteiger partial charge >= 0.3 is 15.5 Å². The summed E-state index contributed by atoms with van der Waals surface area (Å²) in [6.07, 6.45) is 0. The molecule has 72 valence electrons. The molecule has 1 N–H and O–H groups in total. The van der Waals surface area contributed by atoms with E-state index in [1.165, 1.54) is 0 Å². The number of alkyl halides is 3. The van der Waals surface area contributed by atoms with Gasteiger partial charge in [0.25, 0.3) is 0 Å². The number of hydrogen-bond donors (Lipinski definition) is 1. The van der Waals surface area contributed by atoms with Gasteiger partial charge in [0.1, 0.15) is 0 Å². The van der Waals surface area contributed by atoms with E-state index in [1.807, 2.05) is 0 Å². The molecule has 0 unspecified atom stereocenters. The van der Waals surface area contributed by atoms with Crippen molar-refractivity contribution in [2.75, 3.05) is 6.54 Å². The topological polar surface area (TPSA) is 86.3 Å². The maximum absolute atomic E-state index is 11.4. The molecule has 0 bridgehead atoms. The number of aliphatic carboxylic acids is 1. The van der Waals surface area contributed by atoms with Crippen molar-refractivity contribution >= 4 is 16.0 Å². The standard InChI is InChI=1S/C3H4F3NO4S/c4-3(5,6)12(10,11)7-1-2(8)9/h7H,1H2,(H,8,9)/p-1. The minimum Gasteiger partial charge on any atom is -0.549 e. The zero-order chi connectivity index (χ0) is 9.99. The highest BCUT2D eigenvalue weighted by atomic mass is 32.2. The second-order valence-electron chi connectivity index (χ2n) is 1.64. The summed E-state index contributed by atoms with van der Waals surface area (Å²) in [6, 6.07) is 0. The molecule has 0 saturated carbocycles. The molecule has 0 spiro atoms. The molecular weight excluding hydrogens is 203 g/mol. The molecule has 0 amide bonds. The Balaban J connectivity index is 4.37. The molecule has 0 heterocycles. The fraction of sp³-hybridized carbons (Fsp3) is 0.667. The Bertz CT molecular complexity index is 268. The molecule has 0 aliphatic rings. The summed E-state index contributed by atoms with van der Waals surface area (Å²) in [5.74, 6) is -1.94. The summed E-state index contributed by atoms with van der Waals surface area (Å²) in [7, 11) is -5.56. The van der Waals surface area contributed by atoms with Crippen LogP contribution in [0.1, 0.15) is 0 Å². The molecule has 12 heavy (non-hydrogen) atoms. The van der Waals surface area contributed by atoms with E-state index in [1.54, 1.807) is 0 Å². The van der Waals surface area contributed by atoms with Gasteiger partial charge in [0.15, 0.2) is 0 Å². The molecule has 0 aromatic heterocycles. The molecule has 0 aliphatic heterocycles. The van der Waals surface area contributed by atoms with Crippen LogP contribution in [0.15, 0.2) is 0 Å². The van der Waals surface area contributed by atoms with Crippen molar-refractivity contribution in [2.45, 2.75) is 5.51 Å². The Kier molecular flexibility index (Phi) is 3.04. The van der Waals surface area contributed by atoms with Crippen LogP contribution in [0.2, 0.25) is 0 Å². The minimum absolute atomic E-state index is 0.784. The molecule has 0 radical (unpaired) electrons. The zero-order valence-electron chi connectivity index (χ0n) is 5.38. The number of hydrogen-bond acceptors (Lipinski definition) is 4. The first-order chi connectivity index (χ1) is 5.17. The van der Waals surface area contributed by atoms with E-state index in [4.69, 9.17) is 0 Å². The number of sulfonamides is 1. The van der Waals surface area contributed by atoms with Crippen LogP contribution in [0.25, 0.3) is 0 Å². The number of carbonyl (C=O) groups excluding carboxylic acids is 1. The molecule has 0 fully saturated rings. The van der Waals surface area contributed by atoms with Gasteiger partial charge in [-0.3, -0.25) is 0 Å². The lowest BCUT2D eigenvalue weighted by Crippen LogP contribution is -2.43. The van der Waals surface area contributed by atoms with Crippen LogP contribution >= 0.6 is 0 Å². The van der Waals surface area contributed by atoms with Crippen LogP contribution < -0.4 is 9.83 Å². The Labute approximate surface area is 65.2 Å². The van der Waals surface area contributed by atoms with Gasteiger partial charge in [-0.15, -0.1) is 0 Å². The Morgan fingerprint density at radius 2 is 1.83 bits per heavy atom. The lowest BCUT2D eigenvalue weighted by molar-refractivity contribution is -0.303. The molecule has 0 atom stereocenters. The summed E-state index contributed by atoms with van der Waals surface area (Å²) in [5, 5.41) is 9.57. The molecule has 0 saturated heterocycles. The normalized spacial score (nSPS) is 12.9. The summed E-state index contributed by atoms with van der Waals surface area (Å²) in [4.78, 5) is 9.57. The Morgan fingerprint density at radius 3 is 2.08 bits per heavy atom. The largest absolute Gasteiger partial charge is 0.549 e. The molecule has 0 aromatic carbocycles. The fourth-order valence-corrected chi connectivity index (χ4v) is 0.707. The van der Waals surface area contributed by atoms with Crippen molar-refractivity contribution in [1.29, 1.82) is 0 Å². The van der Waals surface area contributed by atoms with Crippen molar-refractivity contribution < 1.29 is 31.5 Å². The van der Waals surface area contributed by atoms with E-state index in [-0.39, 0.29) is 0 Å². The maximum Gasteiger partial charge on any atom is 0.511 e. The predicted octanol–water partition coefficient (Wildman–Crippen LogP) is -1.82. The number of rotatable bonds is 3. The third-order valence-corrected chi connectivity index (χ3v) is 1.85. The molecular formula is C3H3F3NO4S-. The van der Waals surface area contributed by atoms with E-state index in [0.29, 0.717) is 0 Å². The van der Waals surface area contributed by atoms with Crippen LogP contribution in [0.3, 0.4) is 0 Å². The number of carboxylic acid groups (broad SMARTS) is 1. The van der Waals surface area contributed by atoms with E-state index >= 15 is 0 Å². The van der Waals surface area contributed by atoms with Gasteiger partial charge in [-0.1, -0.05) is 0 Å².